The van der Waals surface area contributed by atoms with Gasteiger partial charge in [-0.3, -0.25) is 4.79 Å². The highest BCUT2D eigenvalue weighted by molar-refractivity contribution is 7.99. The molecule has 2 aromatic heterocycles. The lowest BCUT2D eigenvalue weighted by atomic mass is 10.2. The standard InChI is InChI=1S/C21H27N5O3S3/c1-5-26(6-2)32(28,29)16-9-7-15(8-10-16)11-23-17(27)12-30-21-24-19(22)18-13(3)14(4)31-20(18)25-21/h7-10H,5-6,11-12H2,1-4H3,(H,23,27)(H2,22,24,25). The molecule has 2 heterocycles. The summed E-state index contributed by atoms with van der Waals surface area (Å²) in [7, 11) is -3.49. The summed E-state index contributed by atoms with van der Waals surface area (Å²) in [4.78, 5) is 23.3. The van der Waals surface area contributed by atoms with Gasteiger partial charge in [0.05, 0.1) is 16.0 Å². The first kappa shape index (κ1) is 24.4. The molecule has 172 valence electrons. The highest BCUT2D eigenvalue weighted by atomic mass is 32.2. The Kier molecular flexibility index (Phi) is 7.75. The summed E-state index contributed by atoms with van der Waals surface area (Å²) in [5.41, 5.74) is 7.99. The first-order valence-electron chi connectivity index (χ1n) is 10.2. The first-order valence-corrected chi connectivity index (χ1v) is 13.4. The molecule has 0 fully saturated rings. The second-order valence-corrected chi connectivity index (χ2v) is 11.2. The molecule has 0 spiro atoms. The van der Waals surface area contributed by atoms with E-state index in [-0.39, 0.29) is 16.6 Å². The van der Waals surface area contributed by atoms with Gasteiger partial charge in [-0.2, -0.15) is 4.31 Å². The van der Waals surface area contributed by atoms with Crippen molar-refractivity contribution < 1.29 is 13.2 Å². The average Bonchev–Trinajstić information content (AvgIpc) is 3.05. The number of benzene rings is 1. The van der Waals surface area contributed by atoms with E-state index < -0.39 is 10.0 Å². The van der Waals surface area contributed by atoms with Crippen molar-refractivity contribution in [1.82, 2.24) is 19.6 Å². The number of nitrogens with zero attached hydrogens (tertiary/aromatic N) is 3. The molecule has 32 heavy (non-hydrogen) atoms. The van der Waals surface area contributed by atoms with Crippen LogP contribution in [-0.2, 0) is 21.4 Å². The number of aromatic nitrogens is 2. The van der Waals surface area contributed by atoms with Gasteiger partial charge in [0.15, 0.2) is 5.16 Å². The number of sulfonamides is 1. The topological polar surface area (TPSA) is 118 Å². The molecule has 3 rings (SSSR count). The van der Waals surface area contributed by atoms with Crippen LogP contribution in [0, 0.1) is 13.8 Å². The molecule has 0 aliphatic carbocycles. The molecule has 3 aromatic rings. The SMILES string of the molecule is CCN(CC)S(=O)(=O)c1ccc(CNC(=O)CSc2nc(N)c3c(C)c(C)sc3n2)cc1. The fraction of sp³-hybridized carbons (Fsp3) is 0.381. The summed E-state index contributed by atoms with van der Waals surface area (Å²) in [6, 6.07) is 6.56. The Morgan fingerprint density at radius 3 is 2.44 bits per heavy atom. The smallest absolute Gasteiger partial charge is 0.243 e. The molecule has 1 aromatic carbocycles. The third kappa shape index (κ3) is 5.22. The minimum absolute atomic E-state index is 0.155. The number of thiophene rings is 1. The Morgan fingerprint density at radius 2 is 1.81 bits per heavy atom. The van der Waals surface area contributed by atoms with Crippen LogP contribution in [0.1, 0.15) is 29.9 Å². The summed E-state index contributed by atoms with van der Waals surface area (Å²) >= 11 is 2.79. The monoisotopic (exact) mass is 493 g/mol. The maximum atomic E-state index is 12.6. The van der Waals surface area contributed by atoms with Crippen molar-refractivity contribution in [3.63, 3.8) is 0 Å². The number of hydrogen-bond acceptors (Lipinski definition) is 8. The molecule has 0 atom stereocenters. The molecule has 8 nitrogen and oxygen atoms in total. The summed E-state index contributed by atoms with van der Waals surface area (Å²) < 4.78 is 26.5. The maximum absolute atomic E-state index is 12.6. The second kappa shape index (κ2) is 10.2. The summed E-state index contributed by atoms with van der Waals surface area (Å²) in [5, 5.41) is 4.19. The molecule has 1 amide bonds. The van der Waals surface area contributed by atoms with Crippen molar-refractivity contribution in [3.05, 3.63) is 40.3 Å². The van der Waals surface area contributed by atoms with Gasteiger partial charge in [-0.25, -0.2) is 18.4 Å². The number of thioether (sulfide) groups is 1. The largest absolute Gasteiger partial charge is 0.383 e. The van der Waals surface area contributed by atoms with Crippen molar-refractivity contribution in [3.8, 4) is 0 Å². The Morgan fingerprint density at radius 1 is 1.16 bits per heavy atom. The van der Waals surface area contributed by atoms with Gasteiger partial charge < -0.3 is 11.1 Å². The van der Waals surface area contributed by atoms with E-state index in [1.54, 1.807) is 35.6 Å². The number of anilines is 1. The van der Waals surface area contributed by atoms with Crippen LogP contribution in [0.25, 0.3) is 10.2 Å². The average molecular weight is 494 g/mol. The van der Waals surface area contributed by atoms with Crippen LogP contribution in [-0.4, -0.2) is 47.4 Å². The van der Waals surface area contributed by atoms with E-state index in [9.17, 15) is 13.2 Å². The van der Waals surface area contributed by atoms with Gasteiger partial charge in [-0.05, 0) is 37.1 Å². The molecule has 0 bridgehead atoms. The van der Waals surface area contributed by atoms with Gasteiger partial charge in [-0.1, -0.05) is 37.7 Å². The number of hydrogen-bond donors (Lipinski definition) is 2. The number of fused-ring (bicyclic) bond motifs is 1. The van der Waals surface area contributed by atoms with Gasteiger partial charge in [0, 0.05) is 24.5 Å². The third-order valence-electron chi connectivity index (χ3n) is 5.12. The summed E-state index contributed by atoms with van der Waals surface area (Å²) in [6.45, 7) is 8.78. The number of carbonyl (C=O) groups excluding carboxylic acids is 1. The number of nitrogens with two attached hydrogens (primary N) is 1. The first-order chi connectivity index (χ1) is 15.2. The number of carbonyl (C=O) groups is 1. The van der Waals surface area contributed by atoms with Crippen molar-refractivity contribution in [1.29, 1.82) is 0 Å². The lowest BCUT2D eigenvalue weighted by molar-refractivity contribution is -0.118. The summed E-state index contributed by atoms with van der Waals surface area (Å²) in [5.74, 6) is 0.415. The predicted octanol–water partition coefficient (Wildman–Crippen LogP) is 3.33. The van der Waals surface area contributed by atoms with Gasteiger partial charge in [0.1, 0.15) is 10.6 Å². The number of aryl methyl sites for hydroxylation is 2. The van der Waals surface area contributed by atoms with E-state index in [1.165, 1.54) is 16.1 Å². The van der Waals surface area contributed by atoms with Gasteiger partial charge in [-0.15, -0.1) is 11.3 Å². The molecular weight excluding hydrogens is 466 g/mol. The Hall–Kier alpha value is -2.21. The van der Waals surface area contributed by atoms with Crippen LogP contribution in [0.15, 0.2) is 34.3 Å². The molecule has 0 saturated carbocycles. The maximum Gasteiger partial charge on any atom is 0.243 e. The van der Waals surface area contributed by atoms with Crippen LogP contribution in [0.5, 0.6) is 0 Å². The van der Waals surface area contributed by atoms with Gasteiger partial charge >= 0.3 is 0 Å². The minimum Gasteiger partial charge on any atom is -0.383 e. The van der Waals surface area contributed by atoms with Gasteiger partial charge in [0.25, 0.3) is 0 Å². The van der Waals surface area contributed by atoms with Crippen molar-refractivity contribution in [2.75, 3.05) is 24.6 Å². The number of nitrogens with one attached hydrogen (secondary N) is 1. The van der Waals surface area contributed by atoms with Crippen molar-refractivity contribution >= 4 is 55.1 Å². The zero-order valence-corrected chi connectivity index (χ0v) is 21.0. The number of nitrogen functional groups attached to an aromatic ring is 1. The van der Waals surface area contributed by atoms with E-state index >= 15 is 0 Å². The molecular formula is C21H27N5O3S3. The molecule has 0 aliphatic heterocycles. The molecule has 0 saturated heterocycles. The van der Waals surface area contributed by atoms with E-state index in [2.05, 4.69) is 15.3 Å². The van der Waals surface area contributed by atoms with Gasteiger partial charge in [0.2, 0.25) is 15.9 Å². The van der Waals surface area contributed by atoms with Crippen LogP contribution in [0.4, 0.5) is 5.82 Å². The Labute approximate surface area is 196 Å². The number of rotatable bonds is 9. The zero-order valence-electron chi connectivity index (χ0n) is 18.5. The number of amides is 1. The lowest BCUT2D eigenvalue weighted by Gasteiger charge is -2.18. The molecule has 11 heteroatoms. The fourth-order valence-corrected chi connectivity index (χ4v) is 6.43. The fourth-order valence-electron chi connectivity index (χ4n) is 3.20. The minimum atomic E-state index is -3.49. The highest BCUT2D eigenvalue weighted by Crippen LogP contribution is 2.33. The van der Waals surface area contributed by atoms with E-state index in [0.717, 1.165) is 26.2 Å². The third-order valence-corrected chi connectivity index (χ3v) is 9.14. The molecule has 0 radical (unpaired) electrons. The molecule has 3 N–H and O–H groups in total. The van der Waals surface area contributed by atoms with Crippen LogP contribution < -0.4 is 11.1 Å². The zero-order chi connectivity index (χ0) is 23.5. The van der Waals surface area contributed by atoms with Crippen LogP contribution in [0.3, 0.4) is 0 Å². The summed E-state index contributed by atoms with van der Waals surface area (Å²) in [6.07, 6.45) is 0. The molecule has 0 aliphatic rings. The normalized spacial score (nSPS) is 11.9. The van der Waals surface area contributed by atoms with E-state index in [0.29, 0.717) is 30.6 Å². The van der Waals surface area contributed by atoms with E-state index in [1.807, 2.05) is 27.7 Å². The lowest BCUT2D eigenvalue weighted by Crippen LogP contribution is -2.30. The van der Waals surface area contributed by atoms with Crippen LogP contribution in [0.2, 0.25) is 0 Å². The Balaban J connectivity index is 1.57. The van der Waals surface area contributed by atoms with Crippen molar-refractivity contribution in [2.45, 2.75) is 44.3 Å². The second-order valence-electron chi connectivity index (χ2n) is 7.15. The quantitative estimate of drug-likeness (QED) is 0.347. The molecule has 0 unspecified atom stereocenters. The highest BCUT2D eigenvalue weighted by Gasteiger charge is 2.21. The Bertz CT molecular complexity index is 1220. The van der Waals surface area contributed by atoms with Crippen LogP contribution >= 0.6 is 23.1 Å². The predicted molar refractivity (Wildman–Crippen MR) is 130 cm³/mol. The van der Waals surface area contributed by atoms with E-state index in [4.69, 9.17) is 5.73 Å². The van der Waals surface area contributed by atoms with Crippen molar-refractivity contribution in [2.24, 2.45) is 0 Å².